The van der Waals surface area contributed by atoms with Gasteiger partial charge in [-0.05, 0) is 0 Å². The van der Waals surface area contributed by atoms with Crippen molar-refractivity contribution in [3.05, 3.63) is 61.3 Å². The van der Waals surface area contributed by atoms with Crippen LogP contribution in [0.2, 0.25) is 0 Å². The predicted octanol–water partition coefficient (Wildman–Crippen LogP) is 0.709. The Morgan fingerprint density at radius 3 is 2.56 bits per heavy atom. The zero-order valence-corrected chi connectivity index (χ0v) is 21.6. The number of allylic oxidation sites excluding steroid dienone is 5. The summed E-state index contributed by atoms with van der Waals surface area (Å²) in [4.78, 5) is 0. The minimum absolute atomic E-state index is 0. The van der Waals surface area contributed by atoms with E-state index in [1.807, 2.05) is 3.33 Å². The molecule has 0 saturated carbocycles. The van der Waals surface area contributed by atoms with Gasteiger partial charge >= 0.3 is 155 Å². The van der Waals surface area contributed by atoms with Crippen LogP contribution in [0.4, 0.5) is 0 Å². The van der Waals surface area contributed by atoms with E-state index in [0.717, 1.165) is 3.67 Å². The van der Waals surface area contributed by atoms with E-state index in [2.05, 4.69) is 63.6 Å². The number of fused-ring (bicyclic) bond motifs is 1. The van der Waals surface area contributed by atoms with E-state index in [0.29, 0.717) is 0 Å². The summed E-state index contributed by atoms with van der Waals surface area (Å²) in [5, 5.41) is 1.77. The smallest absolute Gasteiger partial charge is 1.00 e. The van der Waals surface area contributed by atoms with Gasteiger partial charge in [-0.2, -0.15) is 0 Å². The summed E-state index contributed by atoms with van der Waals surface area (Å²) < 4.78 is 2.72. The maximum atomic E-state index is 2.53. The van der Waals surface area contributed by atoms with E-state index in [1.54, 1.807) is 22.0 Å². The molecule has 0 radical (unpaired) electrons. The Balaban J connectivity index is 0.00000156. The van der Waals surface area contributed by atoms with Crippen molar-refractivity contribution in [1.82, 2.24) is 0 Å². The number of hydrogen-bond donors (Lipinski definition) is 0. The summed E-state index contributed by atoms with van der Waals surface area (Å²) in [6, 6.07) is 9.16. The molecular weight excluding hydrogens is 533 g/mol. The van der Waals surface area contributed by atoms with E-state index in [9.17, 15) is 0 Å². The molecule has 25 heavy (non-hydrogen) atoms. The van der Waals surface area contributed by atoms with E-state index >= 15 is 0 Å². The predicted molar refractivity (Wildman–Crippen MR) is 101 cm³/mol. The Kier molecular flexibility index (Phi) is 9.91. The first kappa shape index (κ1) is 23.4. The van der Waals surface area contributed by atoms with Gasteiger partial charge in [-0.15, -0.1) is 0 Å². The molecule has 0 nitrogen and oxygen atoms in total. The molecule has 0 bridgehead atoms. The minimum Gasteiger partial charge on any atom is -1.00 e. The number of benzene rings is 1. The fourth-order valence-corrected chi connectivity index (χ4v) is 14.1. The molecule has 4 heteroatoms. The van der Waals surface area contributed by atoms with Gasteiger partial charge in [-0.25, -0.2) is 0 Å². The van der Waals surface area contributed by atoms with Crippen molar-refractivity contribution < 1.29 is 47.7 Å². The second kappa shape index (κ2) is 10.6. The molecule has 0 saturated heterocycles. The number of halogens is 2. The Labute approximate surface area is 178 Å². The second-order valence-electron chi connectivity index (χ2n) is 6.82. The fourth-order valence-electron chi connectivity index (χ4n) is 3.61. The van der Waals surface area contributed by atoms with Gasteiger partial charge in [0.05, 0.1) is 0 Å². The van der Waals surface area contributed by atoms with Gasteiger partial charge in [0.25, 0.3) is 0 Å². The van der Waals surface area contributed by atoms with Crippen molar-refractivity contribution in [3.8, 4) is 0 Å². The van der Waals surface area contributed by atoms with Crippen LogP contribution in [0.5, 0.6) is 0 Å². The maximum absolute atomic E-state index is 2.53. The molecule has 0 fully saturated rings. The third kappa shape index (κ3) is 5.19. The summed E-state index contributed by atoms with van der Waals surface area (Å²) >= 11 is -0.866. The second-order valence-corrected chi connectivity index (χ2v) is 14.4. The van der Waals surface area contributed by atoms with Crippen LogP contribution in [-0.2, 0) is 22.9 Å². The summed E-state index contributed by atoms with van der Waals surface area (Å²) in [7, 11) is 0.0264. The zero-order valence-electron chi connectivity index (χ0n) is 15.6. The quantitative estimate of drug-likeness (QED) is 0.356. The van der Waals surface area contributed by atoms with Crippen molar-refractivity contribution in [2.75, 3.05) is 13.3 Å². The normalized spacial score (nSPS) is 18.2. The standard InChI is InChI=1S/C11H12P.C10H15.2ClH.Hf/c1-12(2)11-7-9-5-3-4-6-10(9)8-11;1-3-4-7-10-8-5-6-9(10)2;;;/h3-8H,1-2H3;6H,3-5,7H2,1-2H3;2*1H;/q;;;;+2/p-2. The first-order chi connectivity index (χ1) is 11.1. The van der Waals surface area contributed by atoms with Gasteiger partial charge in [0.1, 0.15) is 0 Å². The summed E-state index contributed by atoms with van der Waals surface area (Å²) in [5.74, 6) is 0. The summed E-state index contributed by atoms with van der Waals surface area (Å²) in [6.07, 6.45) is 10.3. The molecule has 0 N–H and O–H groups in total. The first-order valence-corrected chi connectivity index (χ1v) is 14.9. The monoisotopic (exact) mass is 560 g/mol. The van der Waals surface area contributed by atoms with Gasteiger partial charge in [0, 0.05) is 0 Å². The molecule has 134 valence electrons. The van der Waals surface area contributed by atoms with Crippen LogP contribution in [0.25, 0.3) is 6.08 Å². The van der Waals surface area contributed by atoms with Gasteiger partial charge < -0.3 is 24.8 Å². The van der Waals surface area contributed by atoms with Crippen molar-refractivity contribution in [2.45, 2.75) is 43.2 Å². The molecule has 1 aromatic carbocycles. The van der Waals surface area contributed by atoms with Gasteiger partial charge in [0.2, 0.25) is 0 Å². The Hall–Kier alpha value is 0.320. The molecule has 0 aromatic heterocycles. The largest absolute Gasteiger partial charge is 1.00 e. The third-order valence-corrected chi connectivity index (χ3v) is 13.6. The Morgan fingerprint density at radius 2 is 1.88 bits per heavy atom. The average Bonchev–Trinajstić information content (AvgIpc) is 3.08. The molecule has 1 unspecified atom stereocenters. The van der Waals surface area contributed by atoms with E-state index in [1.165, 1.54) is 31.2 Å². The van der Waals surface area contributed by atoms with Crippen LogP contribution in [0.15, 0.2) is 50.1 Å². The summed E-state index contributed by atoms with van der Waals surface area (Å²) in [5.41, 5.74) is 6.51. The Bertz CT molecular complexity index is 689. The topological polar surface area (TPSA) is 0 Å². The summed E-state index contributed by atoms with van der Waals surface area (Å²) in [6.45, 7) is 9.53. The molecule has 2 aliphatic carbocycles. The minimum atomic E-state index is -0.866. The molecule has 1 atom stereocenters. The van der Waals surface area contributed by atoms with Crippen molar-refractivity contribution in [2.24, 2.45) is 0 Å². The average molecular weight is 560 g/mol. The van der Waals surface area contributed by atoms with Crippen LogP contribution < -0.4 is 24.8 Å². The number of hydrogen-bond acceptors (Lipinski definition) is 0. The van der Waals surface area contributed by atoms with Crippen LogP contribution in [0.3, 0.4) is 0 Å². The Morgan fingerprint density at radius 1 is 1.16 bits per heavy atom. The van der Waals surface area contributed by atoms with Gasteiger partial charge in [-0.1, -0.05) is 0 Å². The third-order valence-electron chi connectivity index (χ3n) is 4.97. The maximum Gasteiger partial charge on any atom is -1.00 e. The molecular formula is C21H27Cl2HfP. The van der Waals surface area contributed by atoms with E-state index in [4.69, 9.17) is 0 Å². The van der Waals surface area contributed by atoms with Gasteiger partial charge in [0.15, 0.2) is 0 Å². The fraction of sp³-hybridized carbons (Fsp3) is 0.429. The molecule has 3 rings (SSSR count). The van der Waals surface area contributed by atoms with Crippen LogP contribution in [-0.4, -0.2) is 13.3 Å². The number of unbranched alkanes of at least 4 members (excludes halogenated alkanes) is 1. The molecule has 0 aliphatic heterocycles. The van der Waals surface area contributed by atoms with E-state index in [-0.39, 0.29) is 32.7 Å². The SMILES string of the molecule is CCCCC1=[C]([Hf+2][CH]2C(P(C)C)=Cc3ccccc32)CC=C1C.[Cl-].[Cl-]. The molecule has 0 amide bonds. The molecule has 1 aromatic rings. The molecule has 2 aliphatic rings. The molecule has 0 spiro atoms. The van der Waals surface area contributed by atoms with Crippen molar-refractivity contribution >= 4 is 14.0 Å². The van der Waals surface area contributed by atoms with Crippen LogP contribution >= 0.6 is 7.92 Å². The molecule has 0 heterocycles. The van der Waals surface area contributed by atoms with Crippen LogP contribution in [0.1, 0.15) is 54.3 Å². The van der Waals surface area contributed by atoms with Crippen molar-refractivity contribution in [1.29, 1.82) is 0 Å². The number of rotatable bonds is 6. The zero-order chi connectivity index (χ0) is 16.4. The van der Waals surface area contributed by atoms with Gasteiger partial charge in [-0.3, -0.25) is 0 Å². The van der Waals surface area contributed by atoms with Crippen molar-refractivity contribution in [3.63, 3.8) is 0 Å². The van der Waals surface area contributed by atoms with Crippen LogP contribution in [0, 0.1) is 0 Å². The van der Waals surface area contributed by atoms with E-state index < -0.39 is 22.9 Å². The first-order valence-electron chi connectivity index (χ1n) is 8.75.